The van der Waals surface area contributed by atoms with Crippen LogP contribution in [0.3, 0.4) is 0 Å². The van der Waals surface area contributed by atoms with E-state index in [1.807, 2.05) is 0 Å². The molecule has 0 radical (unpaired) electrons. The number of hydrogen-bond acceptors (Lipinski definition) is 3. The van der Waals surface area contributed by atoms with E-state index in [1.165, 1.54) is 0 Å². The Bertz CT molecular complexity index is 736. The maximum absolute atomic E-state index is 11.8. The van der Waals surface area contributed by atoms with E-state index in [-0.39, 0.29) is 18.2 Å². The second kappa shape index (κ2) is 8.78. The van der Waals surface area contributed by atoms with Crippen LogP contribution in [0.5, 0.6) is 5.75 Å². The van der Waals surface area contributed by atoms with Gasteiger partial charge in [0.1, 0.15) is 5.75 Å². The molecular weight excluding hydrogens is 375 g/mol. The van der Waals surface area contributed by atoms with Crippen molar-refractivity contribution < 1.29 is 14.3 Å². The van der Waals surface area contributed by atoms with Crippen molar-refractivity contribution in [2.24, 2.45) is 0 Å². The van der Waals surface area contributed by atoms with Crippen molar-refractivity contribution in [2.75, 3.05) is 18.5 Å². The zero-order valence-electron chi connectivity index (χ0n) is 12.3. The van der Waals surface area contributed by atoms with Gasteiger partial charge in [-0.15, -0.1) is 0 Å². The Labute approximate surface area is 153 Å². The zero-order chi connectivity index (χ0) is 17.5. The van der Waals surface area contributed by atoms with Crippen LogP contribution >= 0.6 is 34.8 Å². The summed E-state index contributed by atoms with van der Waals surface area (Å²) in [5, 5.41) is 6.14. The standard InChI is InChI=1S/C16H13Cl3N2O3/c17-10-4-6-11(7-5-10)24-9-15(23)20-8-14(22)21-13-3-1-2-12(18)16(13)19/h1-7H,8-9H2,(H,20,23)(H,21,22). The van der Waals surface area contributed by atoms with Crippen molar-refractivity contribution in [1.82, 2.24) is 5.32 Å². The fourth-order valence-electron chi connectivity index (χ4n) is 1.70. The molecule has 24 heavy (non-hydrogen) atoms. The largest absolute Gasteiger partial charge is 0.484 e. The van der Waals surface area contributed by atoms with Gasteiger partial charge in [-0.25, -0.2) is 0 Å². The second-order valence-corrected chi connectivity index (χ2v) is 5.89. The minimum absolute atomic E-state index is 0.215. The zero-order valence-corrected chi connectivity index (χ0v) is 14.6. The number of ether oxygens (including phenoxy) is 1. The summed E-state index contributed by atoms with van der Waals surface area (Å²) in [6, 6.07) is 11.5. The van der Waals surface area contributed by atoms with Gasteiger partial charge in [0, 0.05) is 5.02 Å². The van der Waals surface area contributed by atoms with E-state index < -0.39 is 11.8 Å². The van der Waals surface area contributed by atoms with Gasteiger partial charge in [-0.1, -0.05) is 40.9 Å². The summed E-state index contributed by atoms with van der Waals surface area (Å²) in [6.07, 6.45) is 0. The highest BCUT2D eigenvalue weighted by molar-refractivity contribution is 6.44. The highest BCUT2D eigenvalue weighted by Crippen LogP contribution is 2.29. The van der Waals surface area contributed by atoms with Gasteiger partial charge in [0.05, 0.1) is 22.3 Å². The number of benzene rings is 2. The third kappa shape index (κ3) is 5.60. The van der Waals surface area contributed by atoms with Gasteiger partial charge in [-0.2, -0.15) is 0 Å². The first-order valence-electron chi connectivity index (χ1n) is 6.84. The average Bonchev–Trinajstić information content (AvgIpc) is 2.56. The van der Waals surface area contributed by atoms with Gasteiger partial charge < -0.3 is 15.4 Å². The summed E-state index contributed by atoms with van der Waals surface area (Å²) in [7, 11) is 0. The van der Waals surface area contributed by atoms with E-state index in [0.717, 1.165) is 0 Å². The van der Waals surface area contributed by atoms with Crippen molar-refractivity contribution in [2.45, 2.75) is 0 Å². The molecule has 8 heteroatoms. The Morgan fingerprint density at radius 3 is 2.38 bits per heavy atom. The van der Waals surface area contributed by atoms with Crippen molar-refractivity contribution in [3.8, 4) is 5.75 Å². The number of hydrogen-bond donors (Lipinski definition) is 2. The lowest BCUT2D eigenvalue weighted by Gasteiger charge is -2.10. The molecule has 2 aromatic rings. The lowest BCUT2D eigenvalue weighted by molar-refractivity contribution is -0.125. The van der Waals surface area contributed by atoms with Crippen LogP contribution < -0.4 is 15.4 Å². The summed E-state index contributed by atoms with van der Waals surface area (Å²) in [5.74, 6) is -0.360. The smallest absolute Gasteiger partial charge is 0.258 e. The number of rotatable bonds is 6. The van der Waals surface area contributed by atoms with Crippen molar-refractivity contribution >= 4 is 52.3 Å². The molecule has 0 spiro atoms. The predicted octanol–water partition coefficient (Wildman–Crippen LogP) is 3.78. The Kier molecular flexibility index (Phi) is 6.73. The summed E-state index contributed by atoms with van der Waals surface area (Å²) in [4.78, 5) is 23.5. The number of carbonyl (C=O) groups is 2. The van der Waals surface area contributed by atoms with Crippen LogP contribution in [0.1, 0.15) is 0 Å². The lowest BCUT2D eigenvalue weighted by atomic mass is 10.3. The summed E-state index contributed by atoms with van der Waals surface area (Å²) >= 11 is 17.6. The first-order valence-corrected chi connectivity index (χ1v) is 7.98. The molecule has 0 aliphatic rings. The molecule has 0 unspecified atom stereocenters. The molecule has 0 aliphatic heterocycles. The fourth-order valence-corrected chi connectivity index (χ4v) is 2.18. The molecular formula is C16H13Cl3N2O3. The molecule has 126 valence electrons. The molecule has 2 amide bonds. The minimum Gasteiger partial charge on any atom is -0.484 e. The van der Waals surface area contributed by atoms with Gasteiger partial charge in [0.25, 0.3) is 5.91 Å². The van der Waals surface area contributed by atoms with E-state index in [1.54, 1.807) is 42.5 Å². The Hall–Kier alpha value is -1.95. The van der Waals surface area contributed by atoms with Gasteiger partial charge in [-0.05, 0) is 36.4 Å². The third-order valence-electron chi connectivity index (χ3n) is 2.86. The first-order chi connectivity index (χ1) is 11.5. The van der Waals surface area contributed by atoms with Crippen LogP contribution in [0.4, 0.5) is 5.69 Å². The van der Waals surface area contributed by atoms with Gasteiger partial charge in [-0.3, -0.25) is 9.59 Å². The van der Waals surface area contributed by atoms with Crippen LogP contribution in [0.15, 0.2) is 42.5 Å². The quantitative estimate of drug-likeness (QED) is 0.792. The molecule has 2 N–H and O–H groups in total. The first kappa shape index (κ1) is 18.4. The monoisotopic (exact) mass is 386 g/mol. The molecule has 0 heterocycles. The van der Waals surface area contributed by atoms with E-state index in [9.17, 15) is 9.59 Å². The maximum atomic E-state index is 11.8. The Balaban J connectivity index is 1.75. The molecule has 0 aromatic heterocycles. The summed E-state index contributed by atoms with van der Waals surface area (Å²) in [5.41, 5.74) is 0.376. The molecule has 5 nitrogen and oxygen atoms in total. The van der Waals surface area contributed by atoms with E-state index in [0.29, 0.717) is 21.5 Å². The highest BCUT2D eigenvalue weighted by Gasteiger charge is 2.10. The van der Waals surface area contributed by atoms with Crippen LogP contribution in [0, 0.1) is 0 Å². The second-order valence-electron chi connectivity index (χ2n) is 4.67. The third-order valence-corrected chi connectivity index (χ3v) is 3.93. The number of halogens is 3. The number of anilines is 1. The fraction of sp³-hybridized carbons (Fsp3) is 0.125. The van der Waals surface area contributed by atoms with Crippen molar-refractivity contribution in [1.29, 1.82) is 0 Å². The summed E-state index contributed by atoms with van der Waals surface area (Å²) in [6.45, 7) is -0.432. The van der Waals surface area contributed by atoms with E-state index >= 15 is 0 Å². The normalized spacial score (nSPS) is 10.1. The van der Waals surface area contributed by atoms with Gasteiger partial charge >= 0.3 is 0 Å². The van der Waals surface area contributed by atoms with E-state index in [2.05, 4.69) is 10.6 Å². The molecule has 0 aliphatic carbocycles. The maximum Gasteiger partial charge on any atom is 0.258 e. The molecule has 2 rings (SSSR count). The highest BCUT2D eigenvalue weighted by atomic mass is 35.5. The van der Waals surface area contributed by atoms with Crippen molar-refractivity contribution in [3.63, 3.8) is 0 Å². The van der Waals surface area contributed by atoms with Gasteiger partial charge in [0.15, 0.2) is 6.61 Å². The molecule has 0 atom stereocenters. The number of nitrogens with one attached hydrogen (secondary N) is 2. The summed E-state index contributed by atoms with van der Waals surface area (Å²) < 4.78 is 5.27. The topological polar surface area (TPSA) is 67.4 Å². The molecule has 0 saturated carbocycles. The van der Waals surface area contributed by atoms with Crippen LogP contribution in [0.25, 0.3) is 0 Å². The van der Waals surface area contributed by atoms with E-state index in [4.69, 9.17) is 39.5 Å². The number of carbonyl (C=O) groups excluding carboxylic acids is 2. The minimum atomic E-state index is -0.433. The average molecular weight is 388 g/mol. The van der Waals surface area contributed by atoms with Crippen LogP contribution in [0.2, 0.25) is 15.1 Å². The Morgan fingerprint density at radius 2 is 1.67 bits per heavy atom. The Morgan fingerprint density at radius 1 is 0.958 bits per heavy atom. The van der Waals surface area contributed by atoms with Gasteiger partial charge in [0.2, 0.25) is 5.91 Å². The molecule has 2 aromatic carbocycles. The van der Waals surface area contributed by atoms with Crippen LogP contribution in [-0.4, -0.2) is 25.0 Å². The number of amides is 2. The lowest BCUT2D eigenvalue weighted by Crippen LogP contribution is -2.35. The molecule has 0 saturated heterocycles. The SMILES string of the molecule is O=C(COc1ccc(Cl)cc1)NCC(=O)Nc1cccc(Cl)c1Cl. The van der Waals surface area contributed by atoms with Crippen LogP contribution in [-0.2, 0) is 9.59 Å². The predicted molar refractivity (Wildman–Crippen MR) is 95.0 cm³/mol. The molecule has 0 bridgehead atoms. The van der Waals surface area contributed by atoms with Crippen molar-refractivity contribution in [3.05, 3.63) is 57.5 Å². The molecule has 0 fully saturated rings.